The maximum Gasteiger partial charge on any atom is 0.104 e. The third kappa shape index (κ3) is 6.78. The third-order valence-corrected chi connectivity index (χ3v) is 5.81. The standard InChI is InChI=1S/C19H29ClO2S/c1-4-6-8-10-18(19(21)17(20)9-7-5-2)23(22)16-13-11-15(3)12-14-16/h10-14,17,19,21H,4-9H2,1-3H3/b18-10+/t17-,19-,23?/m1/s1. The topological polar surface area (TPSA) is 37.3 Å². The van der Waals surface area contributed by atoms with Crippen LogP contribution < -0.4 is 0 Å². The summed E-state index contributed by atoms with van der Waals surface area (Å²) in [5.74, 6) is 0. The van der Waals surface area contributed by atoms with Gasteiger partial charge in [0.2, 0.25) is 0 Å². The predicted octanol–water partition coefficient (Wildman–Crippen LogP) is 5.34. The van der Waals surface area contributed by atoms with Crippen molar-refractivity contribution in [3.05, 3.63) is 40.8 Å². The summed E-state index contributed by atoms with van der Waals surface area (Å²) in [5.41, 5.74) is 1.13. The fourth-order valence-corrected chi connectivity index (χ4v) is 3.96. The fraction of sp³-hybridized carbons (Fsp3) is 0.579. The molecule has 23 heavy (non-hydrogen) atoms. The summed E-state index contributed by atoms with van der Waals surface area (Å²) in [6, 6.07) is 7.61. The summed E-state index contributed by atoms with van der Waals surface area (Å²) in [6.45, 7) is 6.21. The first-order chi connectivity index (χ1) is 11.0. The molecule has 4 heteroatoms. The second-order valence-electron chi connectivity index (χ2n) is 5.93. The summed E-state index contributed by atoms with van der Waals surface area (Å²) >= 11 is 6.35. The summed E-state index contributed by atoms with van der Waals surface area (Å²) in [6.07, 6.45) is 6.69. The van der Waals surface area contributed by atoms with E-state index in [1.165, 1.54) is 0 Å². The number of rotatable bonds is 10. The highest BCUT2D eigenvalue weighted by molar-refractivity contribution is 7.89. The molecule has 0 spiro atoms. The normalized spacial score (nSPS) is 16.1. The van der Waals surface area contributed by atoms with E-state index in [1.807, 2.05) is 37.3 Å². The molecular weight excluding hydrogens is 328 g/mol. The molecule has 130 valence electrons. The zero-order valence-electron chi connectivity index (χ0n) is 14.4. The van der Waals surface area contributed by atoms with Crippen LogP contribution in [0.5, 0.6) is 0 Å². The van der Waals surface area contributed by atoms with Gasteiger partial charge in [-0.2, -0.15) is 0 Å². The minimum Gasteiger partial charge on any atom is -0.386 e. The van der Waals surface area contributed by atoms with Crippen LogP contribution in [0.4, 0.5) is 0 Å². The first-order valence-corrected chi connectivity index (χ1v) is 10.1. The van der Waals surface area contributed by atoms with Crippen LogP contribution in [0.25, 0.3) is 0 Å². The lowest BCUT2D eigenvalue weighted by molar-refractivity contribution is 0.207. The molecular formula is C19H29ClO2S. The van der Waals surface area contributed by atoms with Crippen molar-refractivity contribution < 1.29 is 9.32 Å². The molecule has 1 N–H and O–H groups in total. The maximum atomic E-state index is 12.9. The average Bonchev–Trinajstić information content (AvgIpc) is 2.56. The van der Waals surface area contributed by atoms with Gasteiger partial charge in [0.1, 0.15) is 6.10 Å². The Labute approximate surface area is 148 Å². The first-order valence-electron chi connectivity index (χ1n) is 8.51. The van der Waals surface area contributed by atoms with Gasteiger partial charge in [-0.1, -0.05) is 63.3 Å². The van der Waals surface area contributed by atoms with Crippen molar-refractivity contribution in [3.8, 4) is 0 Å². The molecule has 0 aromatic heterocycles. The molecule has 2 nitrogen and oxygen atoms in total. The van der Waals surface area contributed by atoms with E-state index in [9.17, 15) is 9.32 Å². The summed E-state index contributed by atoms with van der Waals surface area (Å²) < 4.78 is 12.9. The van der Waals surface area contributed by atoms with Gasteiger partial charge in [-0.05, 0) is 31.9 Å². The van der Waals surface area contributed by atoms with Crippen molar-refractivity contribution >= 4 is 22.4 Å². The lowest BCUT2D eigenvalue weighted by Gasteiger charge is -2.20. The molecule has 0 aliphatic carbocycles. The highest BCUT2D eigenvalue weighted by Gasteiger charge is 2.25. The van der Waals surface area contributed by atoms with Gasteiger partial charge in [0, 0.05) is 9.80 Å². The van der Waals surface area contributed by atoms with Crippen molar-refractivity contribution in [3.63, 3.8) is 0 Å². The number of benzene rings is 1. The van der Waals surface area contributed by atoms with Gasteiger partial charge in [-0.15, -0.1) is 11.6 Å². The van der Waals surface area contributed by atoms with E-state index in [0.717, 1.165) is 49.0 Å². The van der Waals surface area contributed by atoms with Crippen molar-refractivity contribution in [2.24, 2.45) is 0 Å². The Morgan fingerprint density at radius 1 is 1.22 bits per heavy atom. The molecule has 0 amide bonds. The number of aliphatic hydroxyl groups excluding tert-OH is 1. The number of unbranched alkanes of at least 4 members (excludes halogenated alkanes) is 3. The molecule has 0 aliphatic rings. The highest BCUT2D eigenvalue weighted by atomic mass is 35.5. The largest absolute Gasteiger partial charge is 0.386 e. The number of allylic oxidation sites excluding steroid dienone is 1. The van der Waals surface area contributed by atoms with E-state index >= 15 is 0 Å². The molecule has 1 aromatic carbocycles. The Bertz CT molecular complexity index is 511. The van der Waals surface area contributed by atoms with Crippen LogP contribution in [0.2, 0.25) is 0 Å². The maximum absolute atomic E-state index is 12.9. The van der Waals surface area contributed by atoms with Crippen LogP contribution in [0, 0.1) is 6.92 Å². The Morgan fingerprint density at radius 2 is 1.83 bits per heavy atom. The van der Waals surface area contributed by atoms with Crippen molar-refractivity contribution in [1.82, 2.24) is 0 Å². The van der Waals surface area contributed by atoms with E-state index < -0.39 is 22.3 Å². The molecule has 0 heterocycles. The van der Waals surface area contributed by atoms with E-state index in [2.05, 4.69) is 13.8 Å². The van der Waals surface area contributed by atoms with Crippen LogP contribution in [0.15, 0.2) is 40.1 Å². The highest BCUT2D eigenvalue weighted by Crippen LogP contribution is 2.25. The van der Waals surface area contributed by atoms with Gasteiger partial charge in [0.15, 0.2) is 0 Å². The van der Waals surface area contributed by atoms with Crippen LogP contribution in [-0.4, -0.2) is 20.8 Å². The van der Waals surface area contributed by atoms with Gasteiger partial charge in [0.05, 0.1) is 16.2 Å². The van der Waals surface area contributed by atoms with E-state index in [1.54, 1.807) is 0 Å². The molecule has 0 aliphatic heterocycles. The van der Waals surface area contributed by atoms with Gasteiger partial charge in [0.25, 0.3) is 0 Å². The second-order valence-corrected chi connectivity index (χ2v) is 7.97. The quantitative estimate of drug-likeness (QED) is 0.454. The van der Waals surface area contributed by atoms with Crippen molar-refractivity contribution in [2.75, 3.05) is 0 Å². The second kappa shape index (κ2) is 11.0. The molecule has 1 unspecified atom stereocenters. The monoisotopic (exact) mass is 356 g/mol. The lowest BCUT2D eigenvalue weighted by atomic mass is 10.1. The number of hydrogen-bond acceptors (Lipinski definition) is 2. The Kier molecular flexibility index (Phi) is 9.77. The average molecular weight is 357 g/mol. The van der Waals surface area contributed by atoms with Gasteiger partial charge >= 0.3 is 0 Å². The van der Waals surface area contributed by atoms with Gasteiger partial charge in [-0.25, -0.2) is 4.21 Å². The Balaban J connectivity index is 2.96. The number of aliphatic hydroxyl groups is 1. The fourth-order valence-electron chi connectivity index (χ4n) is 2.29. The van der Waals surface area contributed by atoms with Crippen LogP contribution in [0.1, 0.15) is 57.9 Å². The third-order valence-electron chi connectivity index (χ3n) is 3.82. The molecule has 1 aromatic rings. The van der Waals surface area contributed by atoms with Crippen LogP contribution in [0.3, 0.4) is 0 Å². The number of hydrogen-bond donors (Lipinski definition) is 1. The van der Waals surface area contributed by atoms with Crippen LogP contribution >= 0.6 is 11.6 Å². The van der Waals surface area contributed by atoms with E-state index in [4.69, 9.17) is 11.6 Å². The Morgan fingerprint density at radius 3 is 2.39 bits per heavy atom. The zero-order chi connectivity index (χ0) is 17.2. The van der Waals surface area contributed by atoms with Crippen molar-refractivity contribution in [1.29, 1.82) is 0 Å². The molecule has 0 radical (unpaired) electrons. The summed E-state index contributed by atoms with van der Waals surface area (Å²) in [4.78, 5) is 1.27. The molecule has 0 fully saturated rings. The van der Waals surface area contributed by atoms with Gasteiger partial charge in [-0.3, -0.25) is 0 Å². The lowest BCUT2D eigenvalue weighted by Crippen LogP contribution is -2.25. The molecule has 1 rings (SSSR count). The minimum atomic E-state index is -1.36. The summed E-state index contributed by atoms with van der Waals surface area (Å²) in [7, 11) is -1.36. The van der Waals surface area contributed by atoms with Gasteiger partial charge < -0.3 is 5.11 Å². The Hall–Kier alpha value is -0.640. The van der Waals surface area contributed by atoms with E-state index in [-0.39, 0.29) is 0 Å². The molecule has 3 atom stereocenters. The van der Waals surface area contributed by atoms with E-state index in [0.29, 0.717) is 4.91 Å². The molecule has 0 saturated carbocycles. The number of halogens is 1. The first kappa shape index (κ1) is 20.4. The number of alkyl halides is 1. The minimum absolute atomic E-state index is 0.391. The molecule has 0 bridgehead atoms. The smallest absolute Gasteiger partial charge is 0.104 e. The van der Waals surface area contributed by atoms with Crippen LogP contribution in [-0.2, 0) is 10.8 Å². The molecule has 0 saturated heterocycles. The SMILES string of the molecule is CCCC/C=C(\[C@H](O)[C@H](Cl)CCCC)S(=O)c1ccc(C)cc1. The summed E-state index contributed by atoms with van der Waals surface area (Å²) in [5, 5.41) is 10.2. The van der Waals surface area contributed by atoms with Crippen molar-refractivity contribution in [2.45, 2.75) is 75.7 Å². The zero-order valence-corrected chi connectivity index (χ0v) is 16.0. The number of aryl methyl sites for hydroxylation is 1. The predicted molar refractivity (Wildman–Crippen MR) is 100 cm³/mol.